The molecule has 0 amide bonds. The zero-order valence-electron chi connectivity index (χ0n) is 20.6. The van der Waals surface area contributed by atoms with Gasteiger partial charge in [0.25, 0.3) is 0 Å². The second kappa shape index (κ2) is 10.0. The van der Waals surface area contributed by atoms with Crippen molar-refractivity contribution >= 4 is 17.1 Å². The maximum Gasteiger partial charge on any atom is 0.0461 e. The van der Waals surface area contributed by atoms with Gasteiger partial charge in [-0.25, -0.2) is 0 Å². The number of hydrogen-bond acceptors (Lipinski definition) is 1. The maximum atomic E-state index is 2.32. The van der Waals surface area contributed by atoms with Crippen LogP contribution in [0.2, 0.25) is 0 Å². The fraction of sp³-hybridized carbons (Fsp3) is 0.118. The minimum Gasteiger partial charge on any atom is -0.311 e. The SMILES string of the molecule is Cc1ccc(N(c2ccc(C)cc2)c2ccc(C(C)c3cccc(-c4ccccc4)c3)cc2)cc1. The van der Waals surface area contributed by atoms with E-state index in [0.717, 1.165) is 17.1 Å². The van der Waals surface area contributed by atoms with E-state index in [9.17, 15) is 0 Å². The molecule has 0 aromatic heterocycles. The number of rotatable bonds is 6. The fourth-order valence-electron chi connectivity index (χ4n) is 4.56. The van der Waals surface area contributed by atoms with E-state index in [1.165, 1.54) is 33.4 Å². The summed E-state index contributed by atoms with van der Waals surface area (Å²) in [5, 5.41) is 0. The van der Waals surface area contributed by atoms with E-state index in [1.807, 2.05) is 0 Å². The number of benzene rings is 5. The quantitative estimate of drug-likeness (QED) is 0.247. The van der Waals surface area contributed by atoms with Crippen molar-refractivity contribution in [1.29, 1.82) is 0 Å². The van der Waals surface area contributed by atoms with Gasteiger partial charge in [0.05, 0.1) is 0 Å². The molecular weight excluding hydrogens is 422 g/mol. The molecule has 5 aromatic rings. The largest absolute Gasteiger partial charge is 0.311 e. The van der Waals surface area contributed by atoms with E-state index in [0.29, 0.717) is 5.92 Å². The lowest BCUT2D eigenvalue weighted by atomic mass is 9.90. The summed E-state index contributed by atoms with van der Waals surface area (Å²) in [7, 11) is 0. The van der Waals surface area contributed by atoms with Gasteiger partial charge in [-0.3, -0.25) is 0 Å². The fourth-order valence-corrected chi connectivity index (χ4v) is 4.56. The molecule has 0 aliphatic rings. The Bertz CT molecular complexity index is 1340. The Morgan fingerprint density at radius 1 is 0.457 bits per heavy atom. The first-order valence-corrected chi connectivity index (χ1v) is 12.3. The third-order valence-electron chi connectivity index (χ3n) is 6.73. The molecule has 1 unspecified atom stereocenters. The van der Waals surface area contributed by atoms with Crippen LogP contribution < -0.4 is 4.90 Å². The van der Waals surface area contributed by atoms with E-state index in [-0.39, 0.29) is 0 Å². The van der Waals surface area contributed by atoms with Crippen molar-refractivity contribution in [2.24, 2.45) is 0 Å². The highest BCUT2D eigenvalue weighted by Crippen LogP contribution is 2.36. The molecule has 5 rings (SSSR count). The molecule has 0 fully saturated rings. The summed E-state index contributed by atoms with van der Waals surface area (Å²) in [4.78, 5) is 2.32. The number of anilines is 3. The van der Waals surface area contributed by atoms with Crippen LogP contribution in [0.4, 0.5) is 17.1 Å². The minimum absolute atomic E-state index is 0.305. The maximum absolute atomic E-state index is 2.32. The third-order valence-corrected chi connectivity index (χ3v) is 6.73. The average molecular weight is 454 g/mol. The molecule has 0 N–H and O–H groups in total. The van der Waals surface area contributed by atoms with Crippen molar-refractivity contribution in [3.8, 4) is 11.1 Å². The first-order chi connectivity index (χ1) is 17.1. The molecule has 0 aliphatic heterocycles. The first-order valence-electron chi connectivity index (χ1n) is 12.3. The highest BCUT2D eigenvalue weighted by Gasteiger charge is 2.14. The Morgan fingerprint density at radius 2 is 0.943 bits per heavy atom. The Kier molecular flexibility index (Phi) is 6.50. The highest BCUT2D eigenvalue weighted by molar-refractivity contribution is 5.76. The van der Waals surface area contributed by atoms with Crippen LogP contribution in [-0.2, 0) is 0 Å². The Morgan fingerprint density at radius 3 is 1.49 bits per heavy atom. The van der Waals surface area contributed by atoms with Crippen LogP contribution in [0.1, 0.15) is 35.1 Å². The molecule has 1 heteroatoms. The topological polar surface area (TPSA) is 3.24 Å². The zero-order valence-corrected chi connectivity index (χ0v) is 20.6. The molecule has 0 heterocycles. The molecule has 1 nitrogen and oxygen atoms in total. The summed E-state index contributed by atoms with van der Waals surface area (Å²) in [6, 6.07) is 46.0. The summed E-state index contributed by atoms with van der Waals surface area (Å²) < 4.78 is 0. The van der Waals surface area contributed by atoms with Crippen LogP contribution in [0.3, 0.4) is 0 Å². The predicted molar refractivity (Wildman–Crippen MR) is 150 cm³/mol. The van der Waals surface area contributed by atoms with Crippen LogP contribution in [0.15, 0.2) is 127 Å². The summed E-state index contributed by atoms with van der Waals surface area (Å²) in [5.41, 5.74) is 11.2. The molecule has 172 valence electrons. The third kappa shape index (κ3) is 5.05. The van der Waals surface area contributed by atoms with Gasteiger partial charge in [-0.15, -0.1) is 0 Å². The van der Waals surface area contributed by atoms with Gasteiger partial charge in [0.1, 0.15) is 0 Å². The Labute approximate surface area is 209 Å². The molecule has 0 radical (unpaired) electrons. The molecular formula is C34H31N. The monoisotopic (exact) mass is 453 g/mol. The predicted octanol–water partition coefficient (Wildman–Crippen LogP) is 9.59. The van der Waals surface area contributed by atoms with Crippen LogP contribution in [0.5, 0.6) is 0 Å². The molecule has 0 aliphatic carbocycles. The van der Waals surface area contributed by atoms with E-state index in [4.69, 9.17) is 0 Å². The number of nitrogens with zero attached hydrogens (tertiary/aromatic N) is 1. The van der Waals surface area contributed by atoms with Crippen LogP contribution in [0, 0.1) is 13.8 Å². The van der Waals surface area contributed by atoms with Crippen LogP contribution in [-0.4, -0.2) is 0 Å². The Balaban J connectivity index is 1.46. The Hall–Kier alpha value is -4.10. The van der Waals surface area contributed by atoms with E-state index < -0.39 is 0 Å². The van der Waals surface area contributed by atoms with Gasteiger partial charge in [0.15, 0.2) is 0 Å². The second-order valence-electron chi connectivity index (χ2n) is 9.31. The van der Waals surface area contributed by atoms with Crippen molar-refractivity contribution < 1.29 is 0 Å². The zero-order chi connectivity index (χ0) is 24.2. The van der Waals surface area contributed by atoms with E-state index in [1.54, 1.807) is 0 Å². The standard InChI is InChI=1S/C34H31N/c1-25-12-18-32(19-13-25)35(33-20-14-26(2)15-21-33)34-22-16-28(17-23-34)27(3)30-10-7-11-31(24-30)29-8-5-4-6-9-29/h4-24,27H,1-3H3. The van der Waals surface area contributed by atoms with Crippen molar-refractivity contribution in [2.45, 2.75) is 26.7 Å². The lowest BCUT2D eigenvalue weighted by Gasteiger charge is -2.26. The van der Waals surface area contributed by atoms with Gasteiger partial charge in [-0.2, -0.15) is 0 Å². The molecule has 0 saturated carbocycles. The lowest BCUT2D eigenvalue weighted by molar-refractivity contribution is 0.922. The van der Waals surface area contributed by atoms with Gasteiger partial charge >= 0.3 is 0 Å². The summed E-state index contributed by atoms with van der Waals surface area (Å²) in [6.07, 6.45) is 0. The van der Waals surface area contributed by atoms with Gasteiger partial charge in [-0.05, 0) is 72.5 Å². The van der Waals surface area contributed by atoms with Gasteiger partial charge < -0.3 is 4.90 Å². The van der Waals surface area contributed by atoms with Crippen LogP contribution in [0.25, 0.3) is 11.1 Å². The first kappa shape index (κ1) is 22.7. The summed E-state index contributed by atoms with van der Waals surface area (Å²) in [6.45, 7) is 6.54. The lowest BCUT2D eigenvalue weighted by Crippen LogP contribution is -2.10. The normalized spacial score (nSPS) is 11.7. The summed E-state index contributed by atoms with van der Waals surface area (Å²) >= 11 is 0. The van der Waals surface area contributed by atoms with Crippen molar-refractivity contribution in [1.82, 2.24) is 0 Å². The van der Waals surface area contributed by atoms with E-state index >= 15 is 0 Å². The number of aryl methyl sites for hydroxylation is 2. The van der Waals surface area contributed by atoms with E-state index in [2.05, 4.69) is 153 Å². The van der Waals surface area contributed by atoms with Gasteiger partial charge in [0.2, 0.25) is 0 Å². The van der Waals surface area contributed by atoms with Gasteiger partial charge in [0, 0.05) is 23.0 Å². The minimum atomic E-state index is 0.305. The van der Waals surface area contributed by atoms with Crippen molar-refractivity contribution in [3.05, 3.63) is 150 Å². The average Bonchev–Trinajstić information content (AvgIpc) is 2.91. The smallest absolute Gasteiger partial charge is 0.0461 e. The molecule has 5 aromatic carbocycles. The summed E-state index contributed by atoms with van der Waals surface area (Å²) in [5.74, 6) is 0.305. The van der Waals surface area contributed by atoms with Crippen molar-refractivity contribution in [3.63, 3.8) is 0 Å². The molecule has 1 atom stereocenters. The van der Waals surface area contributed by atoms with Crippen molar-refractivity contribution in [2.75, 3.05) is 4.90 Å². The highest BCUT2D eigenvalue weighted by atomic mass is 15.1. The van der Waals surface area contributed by atoms with Crippen LogP contribution >= 0.6 is 0 Å². The molecule has 0 saturated heterocycles. The number of hydrogen-bond donors (Lipinski definition) is 0. The molecule has 0 spiro atoms. The second-order valence-corrected chi connectivity index (χ2v) is 9.31. The molecule has 0 bridgehead atoms. The molecule has 35 heavy (non-hydrogen) atoms. The van der Waals surface area contributed by atoms with Gasteiger partial charge in [-0.1, -0.05) is 109 Å².